The van der Waals surface area contributed by atoms with Gasteiger partial charge in [-0.25, -0.2) is 4.98 Å². The number of hydrogen-bond donors (Lipinski definition) is 1. The van der Waals surface area contributed by atoms with Crippen LogP contribution < -0.4 is 5.32 Å². The highest BCUT2D eigenvalue weighted by molar-refractivity contribution is 7.13. The second-order valence-electron chi connectivity index (χ2n) is 5.37. The van der Waals surface area contributed by atoms with Crippen LogP contribution in [0.1, 0.15) is 12.0 Å². The fraction of sp³-hybridized carbons (Fsp3) is 0.105. The molecule has 3 aromatic rings. The fourth-order valence-electron chi connectivity index (χ4n) is 2.27. The number of rotatable bonds is 4. The van der Waals surface area contributed by atoms with E-state index in [9.17, 15) is 4.79 Å². The molecule has 4 nitrogen and oxygen atoms in total. The Morgan fingerprint density at radius 3 is 2.75 bits per heavy atom. The molecule has 24 heavy (non-hydrogen) atoms. The maximum atomic E-state index is 11.5. The van der Waals surface area contributed by atoms with Gasteiger partial charge in [0.15, 0.2) is 0 Å². The summed E-state index contributed by atoms with van der Waals surface area (Å²) in [6.45, 7) is 2.06. The molecule has 1 amide bonds. The molecule has 2 aromatic carbocycles. The first-order valence-electron chi connectivity index (χ1n) is 7.45. The summed E-state index contributed by atoms with van der Waals surface area (Å²) in [6, 6.07) is 17.6. The summed E-state index contributed by atoms with van der Waals surface area (Å²) in [5, 5.41) is 14.2. The lowest BCUT2D eigenvalue weighted by Gasteiger charge is -2.04. The van der Waals surface area contributed by atoms with Crippen molar-refractivity contribution in [3.63, 3.8) is 0 Å². The number of anilines is 1. The summed E-state index contributed by atoms with van der Waals surface area (Å²) in [5.41, 5.74) is 4.85. The van der Waals surface area contributed by atoms with Gasteiger partial charge in [0.1, 0.15) is 11.4 Å². The first-order chi connectivity index (χ1) is 11.7. The van der Waals surface area contributed by atoms with Gasteiger partial charge in [-0.2, -0.15) is 5.26 Å². The molecule has 0 aliphatic rings. The van der Waals surface area contributed by atoms with Crippen molar-refractivity contribution in [3.8, 4) is 27.9 Å². The zero-order chi connectivity index (χ0) is 16.9. The van der Waals surface area contributed by atoms with Crippen LogP contribution in [-0.2, 0) is 4.79 Å². The zero-order valence-electron chi connectivity index (χ0n) is 13.1. The van der Waals surface area contributed by atoms with Gasteiger partial charge in [0.05, 0.1) is 11.8 Å². The average molecular weight is 333 g/mol. The van der Waals surface area contributed by atoms with E-state index >= 15 is 0 Å². The van der Waals surface area contributed by atoms with E-state index in [4.69, 9.17) is 10.2 Å². The Kier molecular flexibility index (Phi) is 4.69. The Balaban J connectivity index is 1.84. The van der Waals surface area contributed by atoms with E-state index in [-0.39, 0.29) is 12.3 Å². The van der Waals surface area contributed by atoms with Crippen molar-refractivity contribution >= 4 is 22.9 Å². The smallest absolute Gasteiger partial charge is 0.238 e. The van der Waals surface area contributed by atoms with Crippen molar-refractivity contribution in [2.45, 2.75) is 13.3 Å². The third kappa shape index (κ3) is 3.67. The summed E-state index contributed by atoms with van der Waals surface area (Å²) >= 11 is 1.56. The molecule has 3 rings (SSSR count). The fourth-order valence-corrected chi connectivity index (χ4v) is 3.10. The standard InChI is InChI=1S/C19H15N3OS/c1-13-5-7-14(8-6-13)17-12-24-19(22-17)15-3-2-4-16(11-15)21-18(23)9-10-20/h2-8,11-12H,9H2,1H3,(H,21,23). The van der Waals surface area contributed by atoms with Crippen molar-refractivity contribution in [1.82, 2.24) is 4.98 Å². The number of carbonyl (C=O) groups is 1. The molecular formula is C19H15N3OS. The molecule has 1 heterocycles. The zero-order valence-corrected chi connectivity index (χ0v) is 13.9. The summed E-state index contributed by atoms with van der Waals surface area (Å²) in [7, 11) is 0. The van der Waals surface area contributed by atoms with Gasteiger partial charge >= 0.3 is 0 Å². The topological polar surface area (TPSA) is 65.8 Å². The molecule has 1 aromatic heterocycles. The van der Waals surface area contributed by atoms with E-state index in [1.54, 1.807) is 17.4 Å². The molecule has 0 aliphatic carbocycles. The number of aromatic nitrogens is 1. The van der Waals surface area contributed by atoms with Crippen LogP contribution >= 0.6 is 11.3 Å². The lowest BCUT2D eigenvalue weighted by atomic mass is 10.1. The van der Waals surface area contributed by atoms with E-state index in [0.29, 0.717) is 5.69 Å². The second-order valence-corrected chi connectivity index (χ2v) is 6.23. The van der Waals surface area contributed by atoms with Crippen LogP contribution in [-0.4, -0.2) is 10.9 Å². The molecular weight excluding hydrogens is 318 g/mol. The van der Waals surface area contributed by atoms with Gasteiger partial charge in [0, 0.05) is 22.2 Å². The number of nitrogens with one attached hydrogen (secondary N) is 1. The van der Waals surface area contributed by atoms with Gasteiger partial charge in [0.25, 0.3) is 0 Å². The molecule has 0 saturated carbocycles. The van der Waals surface area contributed by atoms with Crippen molar-refractivity contribution in [2.24, 2.45) is 0 Å². The molecule has 0 spiro atoms. The predicted octanol–water partition coefficient (Wildman–Crippen LogP) is 4.64. The van der Waals surface area contributed by atoms with E-state index < -0.39 is 0 Å². The van der Waals surface area contributed by atoms with E-state index in [0.717, 1.165) is 21.8 Å². The van der Waals surface area contributed by atoms with E-state index in [2.05, 4.69) is 36.5 Å². The first kappa shape index (κ1) is 15.9. The van der Waals surface area contributed by atoms with Gasteiger partial charge in [-0.05, 0) is 19.1 Å². The second kappa shape index (κ2) is 7.07. The third-order valence-corrected chi connectivity index (χ3v) is 4.38. The van der Waals surface area contributed by atoms with Crippen LogP contribution in [0.15, 0.2) is 53.9 Å². The molecule has 0 atom stereocenters. The van der Waals surface area contributed by atoms with Crippen LogP contribution in [0, 0.1) is 18.3 Å². The quantitative estimate of drug-likeness (QED) is 0.756. The highest BCUT2D eigenvalue weighted by Crippen LogP contribution is 2.30. The molecule has 0 bridgehead atoms. The largest absolute Gasteiger partial charge is 0.325 e. The molecule has 0 unspecified atom stereocenters. The highest BCUT2D eigenvalue weighted by atomic mass is 32.1. The molecule has 0 aliphatic heterocycles. The number of aryl methyl sites for hydroxylation is 1. The number of benzene rings is 2. The van der Waals surface area contributed by atoms with E-state index in [1.165, 1.54) is 5.56 Å². The average Bonchev–Trinajstić information content (AvgIpc) is 3.06. The third-order valence-electron chi connectivity index (χ3n) is 3.48. The van der Waals surface area contributed by atoms with Crippen LogP contribution in [0.2, 0.25) is 0 Å². The number of amides is 1. The SMILES string of the molecule is Cc1ccc(-c2csc(-c3cccc(NC(=O)CC#N)c3)n2)cc1. The van der Waals surface area contributed by atoms with Crippen LogP contribution in [0.3, 0.4) is 0 Å². The first-order valence-corrected chi connectivity index (χ1v) is 8.33. The van der Waals surface area contributed by atoms with Crippen molar-refractivity contribution < 1.29 is 4.79 Å². The normalized spacial score (nSPS) is 10.2. The highest BCUT2D eigenvalue weighted by Gasteiger charge is 2.08. The summed E-state index contributed by atoms with van der Waals surface area (Å²) in [5.74, 6) is -0.311. The molecule has 0 fully saturated rings. The maximum absolute atomic E-state index is 11.5. The maximum Gasteiger partial charge on any atom is 0.238 e. The summed E-state index contributed by atoms with van der Waals surface area (Å²) in [4.78, 5) is 16.2. The predicted molar refractivity (Wildman–Crippen MR) is 96.6 cm³/mol. The lowest BCUT2D eigenvalue weighted by Crippen LogP contribution is -2.09. The number of thiazole rings is 1. The Bertz CT molecular complexity index is 907. The number of nitrogens with zero attached hydrogens (tertiary/aromatic N) is 2. The minimum atomic E-state index is -0.311. The Labute approximate surface area is 144 Å². The van der Waals surface area contributed by atoms with Crippen LogP contribution in [0.4, 0.5) is 5.69 Å². The van der Waals surface area contributed by atoms with Gasteiger partial charge < -0.3 is 5.32 Å². The lowest BCUT2D eigenvalue weighted by molar-refractivity contribution is -0.115. The molecule has 0 saturated heterocycles. The van der Waals surface area contributed by atoms with E-state index in [1.807, 2.05) is 29.6 Å². The van der Waals surface area contributed by atoms with Gasteiger partial charge in [-0.1, -0.05) is 42.0 Å². The van der Waals surface area contributed by atoms with Gasteiger partial charge in [0.2, 0.25) is 5.91 Å². The summed E-state index contributed by atoms with van der Waals surface area (Å²) < 4.78 is 0. The Morgan fingerprint density at radius 2 is 2.00 bits per heavy atom. The van der Waals surface area contributed by atoms with Crippen molar-refractivity contribution in [2.75, 3.05) is 5.32 Å². The van der Waals surface area contributed by atoms with Crippen LogP contribution in [0.25, 0.3) is 21.8 Å². The monoisotopic (exact) mass is 333 g/mol. The van der Waals surface area contributed by atoms with Gasteiger partial charge in [-0.3, -0.25) is 4.79 Å². The molecule has 0 radical (unpaired) electrons. The Morgan fingerprint density at radius 1 is 1.21 bits per heavy atom. The number of hydrogen-bond acceptors (Lipinski definition) is 4. The minimum Gasteiger partial charge on any atom is -0.325 e. The molecule has 118 valence electrons. The minimum absolute atomic E-state index is 0.154. The number of nitriles is 1. The van der Waals surface area contributed by atoms with Gasteiger partial charge in [-0.15, -0.1) is 11.3 Å². The molecule has 1 N–H and O–H groups in total. The van der Waals surface area contributed by atoms with Crippen molar-refractivity contribution in [3.05, 3.63) is 59.5 Å². The molecule has 5 heteroatoms. The Hall–Kier alpha value is -2.97. The summed E-state index contributed by atoms with van der Waals surface area (Å²) in [6.07, 6.45) is -0.154. The van der Waals surface area contributed by atoms with Crippen molar-refractivity contribution in [1.29, 1.82) is 5.26 Å². The van der Waals surface area contributed by atoms with Crippen LogP contribution in [0.5, 0.6) is 0 Å². The number of carbonyl (C=O) groups excluding carboxylic acids is 1.